The van der Waals surface area contributed by atoms with E-state index in [0.29, 0.717) is 17.1 Å². The van der Waals surface area contributed by atoms with Crippen LogP contribution in [0.3, 0.4) is 0 Å². The maximum Gasteiger partial charge on any atom is 0.171 e. The van der Waals surface area contributed by atoms with Crippen LogP contribution >= 0.6 is 11.6 Å². The molecule has 0 aliphatic rings. The van der Waals surface area contributed by atoms with Crippen molar-refractivity contribution in [1.82, 2.24) is 9.97 Å². The van der Waals surface area contributed by atoms with E-state index >= 15 is 0 Å². The summed E-state index contributed by atoms with van der Waals surface area (Å²) in [4.78, 5) is 16.8. The lowest BCUT2D eigenvalue weighted by Crippen LogP contribution is -1.82. The molecule has 1 N–H and O–H groups in total. The van der Waals surface area contributed by atoms with Crippen LogP contribution in [0.1, 0.15) is 23.2 Å². The molecule has 10 heavy (non-hydrogen) atoms. The number of rotatable bonds is 2. The number of aromatic amines is 1. The number of carbonyl (C=O) groups is 1. The molecule has 0 spiro atoms. The van der Waals surface area contributed by atoms with Gasteiger partial charge in [0.25, 0.3) is 0 Å². The van der Waals surface area contributed by atoms with Gasteiger partial charge in [-0.3, -0.25) is 4.79 Å². The van der Waals surface area contributed by atoms with Crippen LogP contribution in [0.4, 0.5) is 0 Å². The molecular formula is C6H7ClN2O. The molecule has 54 valence electrons. The van der Waals surface area contributed by atoms with Crippen LogP contribution in [0.25, 0.3) is 0 Å². The third-order valence-electron chi connectivity index (χ3n) is 1.18. The van der Waals surface area contributed by atoms with Crippen molar-refractivity contribution in [3.63, 3.8) is 0 Å². The fraction of sp³-hybridized carbons (Fsp3) is 0.333. The summed E-state index contributed by atoms with van der Waals surface area (Å²) >= 11 is 5.57. The van der Waals surface area contributed by atoms with E-state index in [2.05, 4.69) is 9.97 Å². The topological polar surface area (TPSA) is 45.8 Å². The molecule has 1 aromatic heterocycles. The van der Waals surface area contributed by atoms with E-state index < -0.39 is 0 Å². The Morgan fingerprint density at radius 3 is 2.80 bits per heavy atom. The molecule has 0 aliphatic carbocycles. The highest BCUT2D eigenvalue weighted by molar-refractivity contribution is 6.31. The van der Waals surface area contributed by atoms with Crippen LogP contribution in [-0.4, -0.2) is 16.3 Å². The molecule has 0 bridgehead atoms. The summed E-state index contributed by atoms with van der Waals surface area (Å²) in [7, 11) is 0. The number of halogens is 1. The van der Waals surface area contributed by atoms with Gasteiger partial charge in [-0.25, -0.2) is 4.98 Å². The predicted molar refractivity (Wildman–Crippen MR) is 38.4 cm³/mol. The van der Waals surface area contributed by atoms with Crippen LogP contribution < -0.4 is 0 Å². The minimum Gasteiger partial charge on any atom is -0.332 e. The van der Waals surface area contributed by atoms with Crippen LogP contribution in [0, 0.1) is 0 Å². The lowest BCUT2D eigenvalue weighted by atomic mass is 10.5. The van der Waals surface area contributed by atoms with E-state index in [1.807, 2.05) is 6.92 Å². The van der Waals surface area contributed by atoms with E-state index in [-0.39, 0.29) is 0 Å². The monoisotopic (exact) mass is 158 g/mol. The van der Waals surface area contributed by atoms with Crippen LogP contribution in [0.2, 0.25) is 5.15 Å². The number of aldehydes is 1. The molecule has 0 fully saturated rings. The third kappa shape index (κ3) is 1.19. The fourth-order valence-electron chi connectivity index (χ4n) is 0.659. The van der Waals surface area contributed by atoms with Crippen LogP contribution in [0.15, 0.2) is 0 Å². The summed E-state index contributed by atoms with van der Waals surface area (Å²) in [5, 5.41) is 0.326. The standard InChI is InChI=1S/C6H7ClN2O/c1-2-5-8-4(3-10)6(7)9-5/h3H,2H2,1H3,(H,8,9). The first-order valence-electron chi connectivity index (χ1n) is 2.97. The molecule has 3 nitrogen and oxygen atoms in total. The second kappa shape index (κ2) is 2.84. The third-order valence-corrected chi connectivity index (χ3v) is 1.47. The molecule has 0 radical (unpaired) electrons. The summed E-state index contributed by atoms with van der Waals surface area (Å²) < 4.78 is 0. The number of hydrogen-bond donors (Lipinski definition) is 1. The van der Waals surface area contributed by atoms with Gasteiger partial charge in [-0.15, -0.1) is 0 Å². The first kappa shape index (κ1) is 7.28. The van der Waals surface area contributed by atoms with Crippen molar-refractivity contribution in [2.24, 2.45) is 0 Å². The fourth-order valence-corrected chi connectivity index (χ4v) is 0.855. The zero-order chi connectivity index (χ0) is 7.56. The Balaban J connectivity index is 3.03. The second-order valence-corrected chi connectivity index (χ2v) is 2.23. The molecule has 0 saturated heterocycles. The summed E-state index contributed by atoms with van der Waals surface area (Å²) in [5.74, 6) is 0.743. The summed E-state index contributed by atoms with van der Waals surface area (Å²) in [6.45, 7) is 1.93. The van der Waals surface area contributed by atoms with Gasteiger partial charge < -0.3 is 4.98 Å². The predicted octanol–water partition coefficient (Wildman–Crippen LogP) is 1.44. The summed E-state index contributed by atoms with van der Waals surface area (Å²) in [5.41, 5.74) is 0.290. The largest absolute Gasteiger partial charge is 0.332 e. The van der Waals surface area contributed by atoms with E-state index in [1.54, 1.807) is 0 Å². The number of hydrogen-bond acceptors (Lipinski definition) is 2. The molecule has 0 aliphatic heterocycles. The highest BCUT2D eigenvalue weighted by Gasteiger charge is 2.03. The Morgan fingerprint density at radius 2 is 2.50 bits per heavy atom. The number of nitrogens with one attached hydrogen (secondary N) is 1. The smallest absolute Gasteiger partial charge is 0.171 e. The van der Waals surface area contributed by atoms with Gasteiger partial charge >= 0.3 is 0 Å². The average molecular weight is 159 g/mol. The second-order valence-electron chi connectivity index (χ2n) is 1.85. The molecule has 0 amide bonds. The van der Waals surface area contributed by atoms with Gasteiger partial charge in [-0.1, -0.05) is 18.5 Å². The quantitative estimate of drug-likeness (QED) is 0.662. The van der Waals surface area contributed by atoms with Crippen molar-refractivity contribution < 1.29 is 4.79 Å². The van der Waals surface area contributed by atoms with E-state index in [4.69, 9.17) is 11.6 Å². The van der Waals surface area contributed by atoms with Gasteiger partial charge in [0.2, 0.25) is 0 Å². The molecule has 0 aromatic carbocycles. The van der Waals surface area contributed by atoms with Gasteiger partial charge in [-0.2, -0.15) is 0 Å². The van der Waals surface area contributed by atoms with Gasteiger partial charge in [-0.05, 0) is 0 Å². The van der Waals surface area contributed by atoms with Crippen LogP contribution in [-0.2, 0) is 6.42 Å². The summed E-state index contributed by atoms with van der Waals surface area (Å²) in [6, 6.07) is 0. The molecular weight excluding hydrogens is 152 g/mol. The molecule has 0 unspecified atom stereocenters. The highest BCUT2D eigenvalue weighted by atomic mass is 35.5. The Hall–Kier alpha value is -0.830. The van der Waals surface area contributed by atoms with Crippen molar-refractivity contribution in [3.8, 4) is 0 Å². The molecule has 0 atom stereocenters. The molecule has 1 heterocycles. The summed E-state index contributed by atoms with van der Waals surface area (Å²) in [6.07, 6.45) is 1.39. The zero-order valence-electron chi connectivity index (χ0n) is 5.52. The number of imidazole rings is 1. The zero-order valence-corrected chi connectivity index (χ0v) is 6.27. The van der Waals surface area contributed by atoms with Crippen molar-refractivity contribution in [3.05, 3.63) is 16.7 Å². The average Bonchev–Trinajstić information content (AvgIpc) is 2.30. The Labute approximate surface area is 63.4 Å². The highest BCUT2D eigenvalue weighted by Crippen LogP contribution is 2.09. The first-order chi connectivity index (χ1) is 4.77. The number of aryl methyl sites for hydroxylation is 1. The van der Waals surface area contributed by atoms with Crippen molar-refractivity contribution in [1.29, 1.82) is 0 Å². The Morgan fingerprint density at radius 1 is 1.80 bits per heavy atom. The number of nitrogens with zero attached hydrogens (tertiary/aromatic N) is 1. The molecule has 4 heteroatoms. The molecule has 1 aromatic rings. The first-order valence-corrected chi connectivity index (χ1v) is 3.35. The van der Waals surface area contributed by atoms with Crippen molar-refractivity contribution >= 4 is 17.9 Å². The van der Waals surface area contributed by atoms with Crippen molar-refractivity contribution in [2.75, 3.05) is 0 Å². The molecule has 0 saturated carbocycles. The van der Waals surface area contributed by atoms with Gasteiger partial charge in [0.05, 0.1) is 0 Å². The minimum atomic E-state index is 0.290. The Bertz CT molecular complexity index is 244. The maximum absolute atomic E-state index is 10.2. The lowest BCUT2D eigenvalue weighted by molar-refractivity contribution is 0.111. The SMILES string of the molecule is CCc1nc(C=O)c(Cl)[nH]1. The van der Waals surface area contributed by atoms with Gasteiger partial charge in [0, 0.05) is 6.42 Å². The molecule has 1 rings (SSSR count). The Kier molecular flexibility index (Phi) is 2.06. The van der Waals surface area contributed by atoms with Crippen molar-refractivity contribution in [2.45, 2.75) is 13.3 Å². The minimum absolute atomic E-state index is 0.290. The van der Waals surface area contributed by atoms with Gasteiger partial charge in [0.1, 0.15) is 16.7 Å². The van der Waals surface area contributed by atoms with Crippen LogP contribution in [0.5, 0.6) is 0 Å². The number of aromatic nitrogens is 2. The maximum atomic E-state index is 10.2. The van der Waals surface area contributed by atoms with E-state index in [9.17, 15) is 4.79 Å². The number of carbonyl (C=O) groups excluding carboxylic acids is 1. The van der Waals surface area contributed by atoms with Gasteiger partial charge in [0.15, 0.2) is 6.29 Å². The normalized spacial score (nSPS) is 9.80. The number of H-pyrrole nitrogens is 1. The van der Waals surface area contributed by atoms with E-state index in [1.165, 1.54) is 0 Å². The van der Waals surface area contributed by atoms with E-state index in [0.717, 1.165) is 12.2 Å². The lowest BCUT2D eigenvalue weighted by Gasteiger charge is -1.80.